The molecule has 0 radical (unpaired) electrons. The maximum absolute atomic E-state index is 5.94. The molecule has 62 valence electrons. The second-order valence-electron chi connectivity index (χ2n) is 2.44. The molecule has 0 bridgehead atoms. The van der Waals surface area contributed by atoms with Crippen molar-refractivity contribution in [2.75, 3.05) is 5.75 Å². The third-order valence-corrected chi connectivity index (χ3v) is 1.90. The van der Waals surface area contributed by atoms with Crippen molar-refractivity contribution < 1.29 is 0 Å². The molecule has 0 aromatic heterocycles. The molecule has 0 saturated carbocycles. The van der Waals surface area contributed by atoms with E-state index in [4.69, 9.17) is 11.6 Å². The minimum atomic E-state index is 0.560. The number of aryl methyl sites for hydroxylation is 1. The molecule has 0 nitrogen and oxygen atoms in total. The fraction of sp³-hybridized carbons (Fsp3) is 0.200. The molecule has 0 heterocycles. The Labute approximate surface area is 83.3 Å². The lowest BCUT2D eigenvalue weighted by molar-refractivity contribution is 1.46. The van der Waals surface area contributed by atoms with Gasteiger partial charge < -0.3 is 0 Å². The number of halogens is 1. The monoisotopic (exact) mass is 196 g/mol. The summed E-state index contributed by atoms with van der Waals surface area (Å²) >= 11 is 9.93. The fourth-order valence-electron chi connectivity index (χ4n) is 0.856. The molecule has 0 atom stereocenters. The van der Waals surface area contributed by atoms with E-state index in [0.29, 0.717) is 10.8 Å². The van der Waals surface area contributed by atoms with Crippen molar-refractivity contribution in [2.45, 2.75) is 6.92 Å². The van der Waals surface area contributed by atoms with Crippen molar-refractivity contribution in [1.29, 1.82) is 0 Å². The van der Waals surface area contributed by atoms with Crippen molar-refractivity contribution in [3.05, 3.63) is 34.3 Å². The Hall–Kier alpha value is -0.580. The molecule has 1 aromatic carbocycles. The maximum Gasteiger partial charge on any atom is 0.0565 e. The normalized spacial score (nSPS) is 8.92. The first-order chi connectivity index (χ1) is 5.74. The smallest absolute Gasteiger partial charge is 0.0565 e. The van der Waals surface area contributed by atoms with Crippen LogP contribution in [-0.2, 0) is 0 Å². The van der Waals surface area contributed by atoms with Crippen LogP contribution in [0.2, 0.25) is 5.02 Å². The molecule has 2 heteroatoms. The van der Waals surface area contributed by atoms with Gasteiger partial charge in [0.2, 0.25) is 0 Å². The van der Waals surface area contributed by atoms with Crippen LogP contribution in [0.3, 0.4) is 0 Å². The number of benzene rings is 1. The average Bonchev–Trinajstić information content (AvgIpc) is 2.03. The van der Waals surface area contributed by atoms with Gasteiger partial charge in [-0.2, -0.15) is 12.6 Å². The van der Waals surface area contributed by atoms with E-state index in [-0.39, 0.29) is 0 Å². The van der Waals surface area contributed by atoms with Gasteiger partial charge in [0.25, 0.3) is 0 Å². The topological polar surface area (TPSA) is 0 Å². The van der Waals surface area contributed by atoms with Crippen LogP contribution in [0.25, 0.3) is 0 Å². The predicted octanol–water partition coefficient (Wildman–Crippen LogP) is 2.93. The lowest BCUT2D eigenvalue weighted by Crippen LogP contribution is -1.78. The third-order valence-electron chi connectivity index (χ3n) is 1.43. The molecule has 1 aromatic rings. The van der Waals surface area contributed by atoms with Gasteiger partial charge in [0.1, 0.15) is 0 Å². The van der Waals surface area contributed by atoms with Crippen LogP contribution in [0.15, 0.2) is 18.2 Å². The number of hydrogen-bond acceptors (Lipinski definition) is 1. The molecule has 0 saturated heterocycles. The molecule has 0 aliphatic rings. The first-order valence-electron chi connectivity index (χ1n) is 3.60. The van der Waals surface area contributed by atoms with Crippen LogP contribution < -0.4 is 0 Å². The lowest BCUT2D eigenvalue weighted by atomic mass is 10.1. The van der Waals surface area contributed by atoms with E-state index in [0.717, 1.165) is 11.1 Å². The summed E-state index contributed by atoms with van der Waals surface area (Å²) in [7, 11) is 0. The van der Waals surface area contributed by atoms with Gasteiger partial charge in [-0.25, -0.2) is 0 Å². The molecule has 0 spiro atoms. The minimum absolute atomic E-state index is 0.560. The number of rotatable bonds is 0. The quantitative estimate of drug-likeness (QED) is 0.479. The van der Waals surface area contributed by atoms with E-state index >= 15 is 0 Å². The zero-order valence-electron chi connectivity index (χ0n) is 6.76. The largest absolute Gasteiger partial charge is 0.166 e. The van der Waals surface area contributed by atoms with Gasteiger partial charge in [-0.3, -0.25) is 0 Å². The summed E-state index contributed by atoms with van der Waals surface area (Å²) in [4.78, 5) is 0. The molecular formula is C10H9ClS. The van der Waals surface area contributed by atoms with Crippen molar-refractivity contribution in [3.8, 4) is 11.8 Å². The molecule has 1 rings (SSSR count). The molecular weight excluding hydrogens is 188 g/mol. The third kappa shape index (κ3) is 2.48. The summed E-state index contributed by atoms with van der Waals surface area (Å²) in [5.41, 5.74) is 2.02. The second kappa shape index (κ2) is 4.45. The molecule has 0 unspecified atom stereocenters. The molecule has 0 amide bonds. The van der Waals surface area contributed by atoms with Crippen molar-refractivity contribution in [3.63, 3.8) is 0 Å². The zero-order valence-corrected chi connectivity index (χ0v) is 8.41. The van der Waals surface area contributed by atoms with E-state index in [1.54, 1.807) is 0 Å². The van der Waals surface area contributed by atoms with E-state index in [1.165, 1.54) is 0 Å². The Bertz CT molecular complexity index is 333. The Morgan fingerprint density at radius 1 is 1.50 bits per heavy atom. The van der Waals surface area contributed by atoms with Crippen LogP contribution in [-0.4, -0.2) is 5.75 Å². The highest BCUT2D eigenvalue weighted by molar-refractivity contribution is 7.80. The van der Waals surface area contributed by atoms with Gasteiger partial charge in [-0.15, -0.1) is 0 Å². The lowest BCUT2D eigenvalue weighted by Gasteiger charge is -1.96. The molecule has 0 fully saturated rings. The predicted molar refractivity (Wildman–Crippen MR) is 56.9 cm³/mol. The first kappa shape index (κ1) is 9.51. The SMILES string of the molecule is Cc1ccc(C#CCS)c(Cl)c1. The zero-order chi connectivity index (χ0) is 8.97. The van der Waals surface area contributed by atoms with Gasteiger partial charge in [0, 0.05) is 5.56 Å². The number of hydrogen-bond donors (Lipinski definition) is 1. The van der Waals surface area contributed by atoms with Crippen molar-refractivity contribution in [1.82, 2.24) is 0 Å². The van der Waals surface area contributed by atoms with E-state index < -0.39 is 0 Å². The molecule has 0 aliphatic heterocycles. The van der Waals surface area contributed by atoms with E-state index in [9.17, 15) is 0 Å². The first-order valence-corrected chi connectivity index (χ1v) is 4.61. The number of thiol groups is 1. The van der Waals surface area contributed by atoms with Crippen LogP contribution in [0, 0.1) is 18.8 Å². The van der Waals surface area contributed by atoms with Gasteiger partial charge in [-0.05, 0) is 24.6 Å². The highest BCUT2D eigenvalue weighted by Gasteiger charge is 1.95. The van der Waals surface area contributed by atoms with Gasteiger partial charge in [-0.1, -0.05) is 29.5 Å². The Morgan fingerprint density at radius 3 is 2.83 bits per heavy atom. The molecule has 0 aliphatic carbocycles. The minimum Gasteiger partial charge on any atom is -0.166 e. The van der Waals surface area contributed by atoms with Crippen molar-refractivity contribution in [2.24, 2.45) is 0 Å². The molecule has 0 N–H and O–H groups in total. The maximum atomic E-state index is 5.94. The van der Waals surface area contributed by atoms with Crippen LogP contribution in [0.5, 0.6) is 0 Å². The Balaban J connectivity index is 3.01. The van der Waals surface area contributed by atoms with E-state index in [1.807, 2.05) is 25.1 Å². The summed E-state index contributed by atoms with van der Waals surface area (Å²) in [5.74, 6) is 6.35. The van der Waals surface area contributed by atoms with Crippen LogP contribution in [0.1, 0.15) is 11.1 Å². The summed E-state index contributed by atoms with van der Waals surface area (Å²) in [6.07, 6.45) is 0. The highest BCUT2D eigenvalue weighted by Crippen LogP contribution is 2.15. The summed E-state index contributed by atoms with van der Waals surface area (Å²) in [5, 5.41) is 0.712. The summed E-state index contributed by atoms with van der Waals surface area (Å²) in [6.45, 7) is 2.00. The Kier molecular flexibility index (Phi) is 3.52. The van der Waals surface area contributed by atoms with Gasteiger partial charge in [0.05, 0.1) is 10.8 Å². The van der Waals surface area contributed by atoms with Crippen molar-refractivity contribution >= 4 is 24.2 Å². The van der Waals surface area contributed by atoms with Gasteiger partial charge >= 0.3 is 0 Å². The van der Waals surface area contributed by atoms with E-state index in [2.05, 4.69) is 24.5 Å². The Morgan fingerprint density at radius 2 is 2.25 bits per heavy atom. The summed E-state index contributed by atoms with van der Waals surface area (Å²) in [6, 6.07) is 5.83. The summed E-state index contributed by atoms with van der Waals surface area (Å²) < 4.78 is 0. The average molecular weight is 197 g/mol. The van der Waals surface area contributed by atoms with Gasteiger partial charge in [0.15, 0.2) is 0 Å². The van der Waals surface area contributed by atoms with Crippen LogP contribution >= 0.6 is 24.2 Å². The second-order valence-corrected chi connectivity index (χ2v) is 3.17. The standard InChI is InChI=1S/C10H9ClS/c1-8-4-5-9(3-2-6-12)10(11)7-8/h4-5,7,12H,6H2,1H3. The molecule has 12 heavy (non-hydrogen) atoms. The highest BCUT2D eigenvalue weighted by atomic mass is 35.5. The van der Waals surface area contributed by atoms with Crippen LogP contribution in [0.4, 0.5) is 0 Å². The fourth-order valence-corrected chi connectivity index (χ4v) is 1.22.